The highest BCUT2D eigenvalue weighted by Crippen LogP contribution is 2.31. The van der Waals surface area contributed by atoms with Crippen LogP contribution in [0.15, 0.2) is 48.5 Å². The molecule has 144 valence electrons. The number of likely N-dealkylation sites (N-methyl/N-ethyl adjacent to an activating group) is 1. The van der Waals surface area contributed by atoms with Crippen LogP contribution in [0.4, 0.5) is 23.2 Å². The molecule has 0 saturated carbocycles. The van der Waals surface area contributed by atoms with E-state index in [-0.39, 0.29) is 12.3 Å². The van der Waals surface area contributed by atoms with Gasteiger partial charge in [-0.25, -0.2) is 4.39 Å². The number of nitrogens with zero attached hydrogens (tertiary/aromatic N) is 1. The maximum absolute atomic E-state index is 12.8. The Morgan fingerprint density at radius 2 is 1.78 bits per heavy atom. The predicted octanol–water partition coefficient (Wildman–Crippen LogP) is 3.32. The van der Waals surface area contributed by atoms with Crippen LogP contribution in [0.2, 0.25) is 0 Å². The average Bonchev–Trinajstić information content (AvgIpc) is 2.61. The normalized spacial score (nSPS) is 11.0. The summed E-state index contributed by atoms with van der Waals surface area (Å²) in [6.45, 7) is -0.830. The smallest absolute Gasteiger partial charge is 0.416 e. The van der Waals surface area contributed by atoms with E-state index < -0.39 is 36.0 Å². The van der Waals surface area contributed by atoms with Crippen molar-refractivity contribution in [3.05, 3.63) is 59.9 Å². The topological polar surface area (TPSA) is 58.6 Å². The predicted molar refractivity (Wildman–Crippen MR) is 89.6 cm³/mol. The minimum absolute atomic E-state index is 0.109. The average molecular weight is 384 g/mol. The molecule has 5 nitrogen and oxygen atoms in total. The van der Waals surface area contributed by atoms with Crippen molar-refractivity contribution in [3.8, 4) is 5.75 Å². The summed E-state index contributed by atoms with van der Waals surface area (Å²) in [7, 11) is 1.35. The van der Waals surface area contributed by atoms with Crippen molar-refractivity contribution in [2.75, 3.05) is 25.5 Å². The van der Waals surface area contributed by atoms with E-state index in [2.05, 4.69) is 5.32 Å². The molecule has 0 aromatic heterocycles. The van der Waals surface area contributed by atoms with Crippen molar-refractivity contribution in [1.82, 2.24) is 4.90 Å². The third-order valence-electron chi connectivity index (χ3n) is 3.46. The molecule has 2 aromatic carbocycles. The van der Waals surface area contributed by atoms with Crippen LogP contribution < -0.4 is 10.1 Å². The van der Waals surface area contributed by atoms with E-state index in [0.717, 1.165) is 17.0 Å². The fourth-order valence-corrected chi connectivity index (χ4v) is 2.05. The summed E-state index contributed by atoms with van der Waals surface area (Å²) in [6, 6.07) is 9.22. The number of hydrogen-bond donors (Lipinski definition) is 1. The molecule has 0 aliphatic carbocycles. The van der Waals surface area contributed by atoms with Crippen LogP contribution in [-0.2, 0) is 15.8 Å². The number of amides is 2. The standard InChI is InChI=1S/C18H16F4N2O3/c1-24(10-16(25)23-14-7-5-13(19)6-8-14)17(26)11-27-15-4-2-3-12(9-15)18(20,21)22/h2-9H,10-11H2,1H3,(H,23,25). The van der Waals surface area contributed by atoms with Crippen molar-refractivity contribution < 1.29 is 31.9 Å². The molecule has 0 atom stereocenters. The van der Waals surface area contributed by atoms with Gasteiger partial charge in [0.05, 0.1) is 12.1 Å². The van der Waals surface area contributed by atoms with Crippen molar-refractivity contribution in [2.24, 2.45) is 0 Å². The number of rotatable bonds is 6. The molecule has 27 heavy (non-hydrogen) atoms. The molecule has 0 saturated heterocycles. The maximum Gasteiger partial charge on any atom is 0.416 e. The van der Waals surface area contributed by atoms with Crippen molar-refractivity contribution in [1.29, 1.82) is 0 Å². The molecule has 0 spiro atoms. The molecule has 2 rings (SSSR count). The lowest BCUT2D eigenvalue weighted by Gasteiger charge is -2.17. The summed E-state index contributed by atoms with van der Waals surface area (Å²) in [5.41, 5.74) is -0.526. The van der Waals surface area contributed by atoms with E-state index in [1.54, 1.807) is 0 Å². The van der Waals surface area contributed by atoms with Gasteiger partial charge in [-0.05, 0) is 42.5 Å². The minimum Gasteiger partial charge on any atom is -0.484 e. The van der Waals surface area contributed by atoms with Crippen LogP contribution in [0.5, 0.6) is 5.75 Å². The molecular weight excluding hydrogens is 368 g/mol. The van der Waals surface area contributed by atoms with Crippen molar-refractivity contribution in [3.63, 3.8) is 0 Å². The van der Waals surface area contributed by atoms with Gasteiger partial charge < -0.3 is 15.0 Å². The molecule has 0 radical (unpaired) electrons. The van der Waals surface area contributed by atoms with Gasteiger partial charge in [0, 0.05) is 12.7 Å². The van der Waals surface area contributed by atoms with E-state index in [1.807, 2.05) is 0 Å². The monoisotopic (exact) mass is 384 g/mol. The largest absolute Gasteiger partial charge is 0.484 e. The molecule has 1 N–H and O–H groups in total. The fourth-order valence-electron chi connectivity index (χ4n) is 2.05. The van der Waals surface area contributed by atoms with Gasteiger partial charge in [-0.3, -0.25) is 9.59 Å². The Labute approximate surface area is 152 Å². The van der Waals surface area contributed by atoms with Gasteiger partial charge in [0.15, 0.2) is 6.61 Å². The van der Waals surface area contributed by atoms with Gasteiger partial charge in [0.2, 0.25) is 5.91 Å². The first kappa shape index (κ1) is 20.2. The SMILES string of the molecule is CN(CC(=O)Nc1ccc(F)cc1)C(=O)COc1cccc(C(F)(F)F)c1. The summed E-state index contributed by atoms with van der Waals surface area (Å²) in [5.74, 6) is -1.67. The number of carbonyl (C=O) groups excluding carboxylic acids is 2. The molecule has 2 amide bonds. The second-order valence-corrected chi connectivity index (χ2v) is 5.62. The second kappa shape index (κ2) is 8.52. The summed E-state index contributed by atoms with van der Waals surface area (Å²) in [6.07, 6.45) is -4.52. The number of benzene rings is 2. The number of carbonyl (C=O) groups is 2. The number of hydrogen-bond acceptors (Lipinski definition) is 3. The lowest BCUT2D eigenvalue weighted by atomic mass is 10.2. The van der Waals surface area contributed by atoms with Crippen LogP contribution in [0.1, 0.15) is 5.56 Å². The minimum atomic E-state index is -4.52. The van der Waals surface area contributed by atoms with Crippen LogP contribution >= 0.6 is 0 Å². The Bertz CT molecular complexity index is 807. The highest BCUT2D eigenvalue weighted by Gasteiger charge is 2.30. The van der Waals surface area contributed by atoms with E-state index in [0.29, 0.717) is 5.69 Å². The zero-order chi connectivity index (χ0) is 20.0. The lowest BCUT2D eigenvalue weighted by molar-refractivity contribution is -0.137. The zero-order valence-electron chi connectivity index (χ0n) is 14.2. The van der Waals surface area contributed by atoms with Crippen LogP contribution in [0.25, 0.3) is 0 Å². The molecular formula is C18H16F4N2O3. The van der Waals surface area contributed by atoms with E-state index in [1.165, 1.54) is 43.4 Å². The summed E-state index contributed by atoms with van der Waals surface area (Å²) in [5, 5.41) is 2.49. The first-order valence-electron chi connectivity index (χ1n) is 7.74. The quantitative estimate of drug-likeness (QED) is 0.778. The molecule has 0 heterocycles. The van der Waals surface area contributed by atoms with E-state index in [4.69, 9.17) is 4.74 Å². The molecule has 9 heteroatoms. The molecule has 0 fully saturated rings. The number of alkyl halides is 3. The highest BCUT2D eigenvalue weighted by atomic mass is 19.4. The van der Waals surface area contributed by atoms with Crippen LogP contribution in [0.3, 0.4) is 0 Å². The van der Waals surface area contributed by atoms with Gasteiger partial charge in [-0.15, -0.1) is 0 Å². The van der Waals surface area contributed by atoms with Crippen LogP contribution in [0, 0.1) is 5.82 Å². The third kappa shape index (κ3) is 6.28. The zero-order valence-corrected chi connectivity index (χ0v) is 14.2. The second-order valence-electron chi connectivity index (χ2n) is 5.62. The Kier molecular flexibility index (Phi) is 6.38. The molecule has 2 aromatic rings. The van der Waals surface area contributed by atoms with Gasteiger partial charge in [-0.1, -0.05) is 6.07 Å². The molecule has 0 aliphatic rings. The van der Waals surface area contributed by atoms with Gasteiger partial charge in [0.1, 0.15) is 11.6 Å². The Morgan fingerprint density at radius 1 is 1.11 bits per heavy atom. The highest BCUT2D eigenvalue weighted by molar-refractivity contribution is 5.94. The van der Waals surface area contributed by atoms with Gasteiger partial charge in [0.25, 0.3) is 5.91 Å². The Morgan fingerprint density at radius 3 is 2.41 bits per heavy atom. The summed E-state index contributed by atoms with van der Waals surface area (Å²) >= 11 is 0. The number of nitrogens with one attached hydrogen (secondary N) is 1. The van der Waals surface area contributed by atoms with Gasteiger partial charge >= 0.3 is 6.18 Å². The van der Waals surface area contributed by atoms with Crippen LogP contribution in [-0.4, -0.2) is 36.9 Å². The maximum atomic E-state index is 12.8. The number of ether oxygens (including phenoxy) is 1. The first-order valence-corrected chi connectivity index (χ1v) is 7.74. The summed E-state index contributed by atoms with van der Waals surface area (Å²) in [4.78, 5) is 24.9. The van der Waals surface area contributed by atoms with Crippen molar-refractivity contribution >= 4 is 17.5 Å². The summed E-state index contributed by atoms with van der Waals surface area (Å²) < 4.78 is 55.8. The Balaban J connectivity index is 1.85. The molecule has 0 aliphatic heterocycles. The fraction of sp³-hybridized carbons (Fsp3) is 0.222. The van der Waals surface area contributed by atoms with E-state index >= 15 is 0 Å². The third-order valence-corrected chi connectivity index (χ3v) is 3.46. The van der Waals surface area contributed by atoms with Gasteiger partial charge in [-0.2, -0.15) is 13.2 Å². The Hall–Kier alpha value is -3.10. The first-order chi connectivity index (χ1) is 12.6. The van der Waals surface area contributed by atoms with Crippen molar-refractivity contribution in [2.45, 2.75) is 6.18 Å². The number of halogens is 4. The molecule has 0 unspecified atom stereocenters. The molecule has 0 bridgehead atoms. The van der Waals surface area contributed by atoms with E-state index in [9.17, 15) is 27.2 Å². The lowest BCUT2D eigenvalue weighted by Crippen LogP contribution is -2.37. The number of anilines is 1.